The van der Waals surface area contributed by atoms with Gasteiger partial charge in [-0.3, -0.25) is 9.59 Å². The standard InChI is InChI=1S/C20H32N4O4S/c1-29-12-10-16(19(26)24-17(20(27)28)9-5-6-11-21)23-18(25)15(22)13-14-7-3-2-4-8-14/h2-4,7-8,15-17H,5-6,9-13,21-22H2,1H3,(H,23,25)(H,24,26)(H,27,28). The predicted octanol–water partition coefficient (Wildman–Crippen LogP) is 0.493. The van der Waals surface area contributed by atoms with Crippen molar-refractivity contribution in [1.82, 2.24) is 10.6 Å². The monoisotopic (exact) mass is 424 g/mol. The van der Waals surface area contributed by atoms with Gasteiger partial charge in [-0.15, -0.1) is 0 Å². The third-order valence-electron chi connectivity index (χ3n) is 4.44. The summed E-state index contributed by atoms with van der Waals surface area (Å²) in [5.74, 6) is -1.42. The normalized spacial score (nSPS) is 13.9. The zero-order valence-corrected chi connectivity index (χ0v) is 17.6. The van der Waals surface area contributed by atoms with Crippen molar-refractivity contribution in [2.24, 2.45) is 11.5 Å². The topological polar surface area (TPSA) is 148 Å². The Morgan fingerprint density at radius 3 is 2.28 bits per heavy atom. The van der Waals surface area contributed by atoms with Crippen LogP contribution in [0, 0.1) is 0 Å². The number of unbranched alkanes of at least 4 members (excludes halogenated alkanes) is 1. The minimum Gasteiger partial charge on any atom is -0.480 e. The third-order valence-corrected chi connectivity index (χ3v) is 5.08. The van der Waals surface area contributed by atoms with Crippen LogP contribution in [-0.4, -0.2) is 59.6 Å². The van der Waals surface area contributed by atoms with E-state index in [1.807, 2.05) is 36.6 Å². The highest BCUT2D eigenvalue weighted by Gasteiger charge is 2.27. The number of carbonyl (C=O) groups is 3. The summed E-state index contributed by atoms with van der Waals surface area (Å²) in [6, 6.07) is 6.71. The maximum atomic E-state index is 12.6. The summed E-state index contributed by atoms with van der Waals surface area (Å²) in [4.78, 5) is 36.6. The minimum atomic E-state index is -1.11. The van der Waals surface area contributed by atoms with Crippen LogP contribution in [0.2, 0.25) is 0 Å². The summed E-state index contributed by atoms with van der Waals surface area (Å²) < 4.78 is 0. The SMILES string of the molecule is CSCCC(NC(=O)C(N)Cc1ccccc1)C(=O)NC(CCCCN)C(=O)O. The largest absolute Gasteiger partial charge is 0.480 e. The van der Waals surface area contributed by atoms with Crippen LogP contribution in [0.5, 0.6) is 0 Å². The summed E-state index contributed by atoms with van der Waals surface area (Å²) in [5.41, 5.74) is 12.4. The summed E-state index contributed by atoms with van der Waals surface area (Å²) in [5, 5.41) is 14.6. The second kappa shape index (κ2) is 14.0. The van der Waals surface area contributed by atoms with Gasteiger partial charge >= 0.3 is 5.97 Å². The van der Waals surface area contributed by atoms with E-state index >= 15 is 0 Å². The fourth-order valence-electron chi connectivity index (χ4n) is 2.77. The lowest BCUT2D eigenvalue weighted by molar-refractivity contribution is -0.142. The first-order valence-corrected chi connectivity index (χ1v) is 11.1. The van der Waals surface area contributed by atoms with E-state index in [1.165, 1.54) is 11.8 Å². The van der Waals surface area contributed by atoms with Crippen LogP contribution >= 0.6 is 11.8 Å². The number of aliphatic carboxylic acids is 1. The highest BCUT2D eigenvalue weighted by Crippen LogP contribution is 2.07. The fraction of sp³-hybridized carbons (Fsp3) is 0.550. The molecule has 0 saturated carbocycles. The van der Waals surface area contributed by atoms with Crippen LogP contribution in [0.3, 0.4) is 0 Å². The van der Waals surface area contributed by atoms with E-state index in [1.54, 1.807) is 0 Å². The van der Waals surface area contributed by atoms with E-state index in [-0.39, 0.29) is 6.42 Å². The van der Waals surface area contributed by atoms with Gasteiger partial charge in [-0.05, 0) is 56.2 Å². The van der Waals surface area contributed by atoms with Crippen LogP contribution in [0.15, 0.2) is 30.3 Å². The Bertz CT molecular complexity index is 645. The van der Waals surface area contributed by atoms with Crippen molar-refractivity contribution in [2.75, 3.05) is 18.6 Å². The number of hydrogen-bond donors (Lipinski definition) is 5. The van der Waals surface area contributed by atoms with Crippen LogP contribution in [0.1, 0.15) is 31.2 Å². The van der Waals surface area contributed by atoms with Crippen LogP contribution in [0.25, 0.3) is 0 Å². The lowest BCUT2D eigenvalue weighted by Crippen LogP contribution is -2.55. The number of benzene rings is 1. The summed E-state index contributed by atoms with van der Waals surface area (Å²) in [6.45, 7) is 0.464. The second-order valence-corrected chi connectivity index (χ2v) is 7.81. The molecule has 1 aromatic rings. The van der Waals surface area contributed by atoms with Gasteiger partial charge in [0.05, 0.1) is 6.04 Å². The average Bonchev–Trinajstić information content (AvgIpc) is 2.70. The molecule has 1 rings (SSSR count). The number of carbonyl (C=O) groups excluding carboxylic acids is 2. The molecule has 1 aromatic carbocycles. The molecule has 0 aliphatic heterocycles. The molecule has 0 spiro atoms. The molecule has 0 radical (unpaired) electrons. The maximum Gasteiger partial charge on any atom is 0.326 e. The first-order chi connectivity index (χ1) is 13.9. The number of carboxylic acid groups (broad SMARTS) is 1. The van der Waals surface area contributed by atoms with E-state index in [0.29, 0.717) is 38.0 Å². The van der Waals surface area contributed by atoms with Gasteiger partial charge in [-0.25, -0.2) is 4.79 Å². The molecule has 3 unspecified atom stereocenters. The van der Waals surface area contributed by atoms with Gasteiger partial charge in [0, 0.05) is 0 Å². The van der Waals surface area contributed by atoms with Crippen LogP contribution < -0.4 is 22.1 Å². The Morgan fingerprint density at radius 2 is 1.69 bits per heavy atom. The minimum absolute atomic E-state index is 0.287. The first kappa shape index (κ1) is 24.9. The predicted molar refractivity (Wildman–Crippen MR) is 116 cm³/mol. The molecule has 162 valence electrons. The second-order valence-electron chi connectivity index (χ2n) is 6.82. The van der Waals surface area contributed by atoms with Gasteiger partial charge in [0.15, 0.2) is 0 Å². The molecule has 0 bridgehead atoms. The Kier molecular flexibility index (Phi) is 12.0. The van der Waals surface area contributed by atoms with E-state index in [2.05, 4.69) is 10.6 Å². The molecule has 0 heterocycles. The Balaban J connectivity index is 2.71. The van der Waals surface area contributed by atoms with Crippen molar-refractivity contribution in [3.05, 3.63) is 35.9 Å². The zero-order chi connectivity index (χ0) is 21.6. The molecule has 0 saturated heterocycles. The quantitative estimate of drug-likeness (QED) is 0.273. The van der Waals surface area contributed by atoms with Gasteiger partial charge in [0.2, 0.25) is 11.8 Å². The van der Waals surface area contributed by atoms with E-state index in [9.17, 15) is 19.5 Å². The summed E-state index contributed by atoms with van der Waals surface area (Å²) in [6.07, 6.45) is 4.18. The zero-order valence-electron chi connectivity index (χ0n) is 16.8. The van der Waals surface area contributed by atoms with Gasteiger partial charge in [0.25, 0.3) is 0 Å². The Hall–Kier alpha value is -2.10. The molecule has 9 heteroatoms. The van der Waals surface area contributed by atoms with Crippen molar-refractivity contribution in [1.29, 1.82) is 0 Å². The lowest BCUT2D eigenvalue weighted by Gasteiger charge is -2.23. The number of carboxylic acids is 1. The molecule has 7 N–H and O–H groups in total. The van der Waals surface area contributed by atoms with Crippen molar-refractivity contribution in [3.63, 3.8) is 0 Å². The van der Waals surface area contributed by atoms with Gasteiger partial charge in [-0.2, -0.15) is 11.8 Å². The molecule has 3 atom stereocenters. The molecule has 0 aliphatic rings. The number of amides is 2. The smallest absolute Gasteiger partial charge is 0.326 e. The molecule has 8 nitrogen and oxygen atoms in total. The van der Waals surface area contributed by atoms with E-state index in [4.69, 9.17) is 11.5 Å². The molecule has 29 heavy (non-hydrogen) atoms. The van der Waals surface area contributed by atoms with Crippen molar-refractivity contribution >= 4 is 29.5 Å². The van der Waals surface area contributed by atoms with Crippen molar-refractivity contribution in [2.45, 2.75) is 50.2 Å². The first-order valence-electron chi connectivity index (χ1n) is 9.71. The molecular weight excluding hydrogens is 392 g/mol. The van der Waals surface area contributed by atoms with Gasteiger partial charge in [0.1, 0.15) is 12.1 Å². The average molecular weight is 425 g/mol. The Labute approximate surface area is 176 Å². The van der Waals surface area contributed by atoms with E-state index < -0.39 is 35.9 Å². The van der Waals surface area contributed by atoms with Crippen molar-refractivity contribution < 1.29 is 19.5 Å². The fourth-order valence-corrected chi connectivity index (χ4v) is 3.24. The molecule has 2 amide bonds. The van der Waals surface area contributed by atoms with Crippen LogP contribution in [0.4, 0.5) is 0 Å². The highest BCUT2D eigenvalue weighted by atomic mass is 32.2. The Morgan fingerprint density at radius 1 is 1.03 bits per heavy atom. The van der Waals surface area contributed by atoms with Gasteiger partial charge < -0.3 is 27.2 Å². The molecular formula is C20H32N4O4S. The molecule has 0 aromatic heterocycles. The maximum absolute atomic E-state index is 12.6. The number of hydrogen-bond acceptors (Lipinski definition) is 6. The number of nitrogens with two attached hydrogens (primary N) is 2. The molecule has 0 fully saturated rings. The number of rotatable bonds is 14. The highest BCUT2D eigenvalue weighted by molar-refractivity contribution is 7.98. The summed E-state index contributed by atoms with van der Waals surface area (Å²) >= 11 is 1.53. The van der Waals surface area contributed by atoms with Gasteiger partial charge in [-0.1, -0.05) is 30.3 Å². The van der Waals surface area contributed by atoms with Crippen LogP contribution in [-0.2, 0) is 20.8 Å². The number of nitrogens with one attached hydrogen (secondary N) is 2. The number of thioether (sulfide) groups is 1. The van der Waals surface area contributed by atoms with E-state index in [0.717, 1.165) is 5.56 Å². The molecule has 0 aliphatic carbocycles. The van der Waals surface area contributed by atoms with Crippen molar-refractivity contribution in [3.8, 4) is 0 Å². The third kappa shape index (κ3) is 9.78. The summed E-state index contributed by atoms with van der Waals surface area (Å²) in [7, 11) is 0. The lowest BCUT2D eigenvalue weighted by atomic mass is 10.0.